The second-order valence-electron chi connectivity index (χ2n) is 5.30. The molecule has 0 unspecified atom stereocenters. The van der Waals surface area contributed by atoms with Crippen molar-refractivity contribution in [2.45, 2.75) is 25.7 Å². The van der Waals surface area contributed by atoms with E-state index < -0.39 is 5.91 Å². The third-order valence-electron chi connectivity index (χ3n) is 3.63. The molecule has 7 heteroatoms. The highest BCUT2D eigenvalue weighted by atomic mass is 16.5. The van der Waals surface area contributed by atoms with E-state index in [0.29, 0.717) is 19.1 Å². The van der Waals surface area contributed by atoms with Crippen molar-refractivity contribution in [3.8, 4) is 0 Å². The van der Waals surface area contributed by atoms with Crippen LogP contribution in [0.4, 0.5) is 5.69 Å². The summed E-state index contributed by atoms with van der Waals surface area (Å²) in [5.74, 6) is 0.265. The number of aromatic nitrogens is 2. The summed E-state index contributed by atoms with van der Waals surface area (Å²) in [5.41, 5.74) is 0.736. The monoisotopic (exact) mass is 303 g/mol. The fourth-order valence-corrected chi connectivity index (χ4v) is 2.38. The smallest absolute Gasteiger partial charge is 0.277 e. The van der Waals surface area contributed by atoms with Crippen molar-refractivity contribution in [3.05, 3.63) is 46.0 Å². The first kappa shape index (κ1) is 14.5. The fraction of sp³-hybridized carbons (Fsp3) is 0.400. The van der Waals surface area contributed by atoms with Crippen LogP contribution in [0.2, 0.25) is 0 Å². The second kappa shape index (κ2) is 6.15. The molecule has 1 saturated heterocycles. The topological polar surface area (TPSA) is 97.2 Å². The van der Waals surface area contributed by atoms with E-state index in [1.54, 1.807) is 19.1 Å². The van der Waals surface area contributed by atoms with E-state index >= 15 is 0 Å². The highest BCUT2D eigenvalue weighted by molar-refractivity contribution is 6.02. The molecule has 2 N–H and O–H groups in total. The van der Waals surface area contributed by atoms with Crippen LogP contribution < -0.4 is 10.9 Å². The molecular weight excluding hydrogens is 286 g/mol. The molecular formula is C15H17N3O4. The molecule has 0 spiro atoms. The zero-order chi connectivity index (χ0) is 15.5. The minimum absolute atomic E-state index is 0.168. The molecule has 22 heavy (non-hydrogen) atoms. The Morgan fingerprint density at radius 1 is 1.36 bits per heavy atom. The summed E-state index contributed by atoms with van der Waals surface area (Å²) in [6, 6.07) is 3.28. The number of hydrogen-bond donors (Lipinski definition) is 2. The van der Waals surface area contributed by atoms with Crippen LogP contribution in [-0.4, -0.2) is 29.1 Å². The van der Waals surface area contributed by atoms with Crippen LogP contribution in [-0.2, 0) is 4.74 Å². The molecule has 1 fully saturated rings. The molecule has 0 bridgehead atoms. The van der Waals surface area contributed by atoms with Gasteiger partial charge < -0.3 is 19.5 Å². The van der Waals surface area contributed by atoms with E-state index in [0.717, 1.165) is 18.5 Å². The predicted molar refractivity (Wildman–Crippen MR) is 79.0 cm³/mol. The maximum atomic E-state index is 12.1. The Hall–Kier alpha value is -2.41. The number of aromatic amines is 1. The van der Waals surface area contributed by atoms with Gasteiger partial charge in [0.1, 0.15) is 12.0 Å². The van der Waals surface area contributed by atoms with Crippen molar-refractivity contribution in [2.75, 3.05) is 18.5 Å². The SMILES string of the molecule is Cc1ccc(NC(=O)c2coc(C3CCOCC3)n2)c(=O)[nH]1. The molecule has 1 aliphatic rings. The lowest BCUT2D eigenvalue weighted by Gasteiger charge is -2.18. The molecule has 0 aromatic carbocycles. The lowest BCUT2D eigenvalue weighted by atomic mass is 10.0. The number of ether oxygens (including phenoxy) is 1. The summed E-state index contributed by atoms with van der Waals surface area (Å²) in [6.07, 6.45) is 2.99. The van der Waals surface area contributed by atoms with Crippen molar-refractivity contribution in [2.24, 2.45) is 0 Å². The molecule has 3 heterocycles. The summed E-state index contributed by atoms with van der Waals surface area (Å²) in [7, 11) is 0. The highest BCUT2D eigenvalue weighted by Gasteiger charge is 2.22. The number of aryl methyl sites for hydroxylation is 1. The summed E-state index contributed by atoms with van der Waals surface area (Å²) >= 11 is 0. The Bertz CT molecular complexity index is 728. The quantitative estimate of drug-likeness (QED) is 0.901. The van der Waals surface area contributed by atoms with Gasteiger partial charge >= 0.3 is 0 Å². The molecule has 0 saturated carbocycles. The molecule has 0 radical (unpaired) electrons. The van der Waals surface area contributed by atoms with Gasteiger partial charge in [-0.2, -0.15) is 0 Å². The van der Waals surface area contributed by atoms with Gasteiger partial charge in [-0.05, 0) is 31.9 Å². The number of pyridine rings is 1. The Kier molecular flexibility index (Phi) is 4.06. The minimum atomic E-state index is -0.462. The lowest BCUT2D eigenvalue weighted by molar-refractivity contribution is 0.0794. The third-order valence-corrected chi connectivity index (χ3v) is 3.63. The van der Waals surface area contributed by atoms with E-state index in [-0.39, 0.29) is 22.9 Å². The van der Waals surface area contributed by atoms with Gasteiger partial charge in [-0.3, -0.25) is 9.59 Å². The molecule has 116 valence electrons. The first-order valence-electron chi connectivity index (χ1n) is 7.18. The van der Waals surface area contributed by atoms with Crippen LogP contribution in [0.5, 0.6) is 0 Å². The van der Waals surface area contributed by atoms with Crippen LogP contribution in [0.25, 0.3) is 0 Å². The fourth-order valence-electron chi connectivity index (χ4n) is 2.38. The van der Waals surface area contributed by atoms with Gasteiger partial charge in [0, 0.05) is 24.8 Å². The number of anilines is 1. The zero-order valence-corrected chi connectivity index (χ0v) is 12.2. The number of amides is 1. The number of carbonyl (C=O) groups is 1. The molecule has 3 rings (SSSR count). The number of H-pyrrole nitrogens is 1. The van der Waals surface area contributed by atoms with Gasteiger partial charge in [-0.25, -0.2) is 4.98 Å². The van der Waals surface area contributed by atoms with Crippen LogP contribution >= 0.6 is 0 Å². The van der Waals surface area contributed by atoms with Gasteiger partial charge in [0.05, 0.1) is 0 Å². The summed E-state index contributed by atoms with van der Waals surface area (Å²) in [4.78, 5) is 30.7. The standard InChI is InChI=1S/C15H17N3O4/c1-9-2-3-11(13(19)16-9)17-14(20)12-8-22-15(18-12)10-4-6-21-7-5-10/h2-3,8,10H,4-7H2,1H3,(H,16,19)(H,17,20). The third kappa shape index (κ3) is 3.09. The van der Waals surface area contributed by atoms with Crippen LogP contribution in [0.15, 0.2) is 27.6 Å². The van der Waals surface area contributed by atoms with Crippen molar-refractivity contribution in [1.29, 1.82) is 0 Å². The van der Waals surface area contributed by atoms with E-state index in [2.05, 4.69) is 15.3 Å². The maximum Gasteiger partial charge on any atom is 0.277 e. The molecule has 7 nitrogen and oxygen atoms in total. The van der Waals surface area contributed by atoms with E-state index in [1.807, 2.05) is 0 Å². The van der Waals surface area contributed by atoms with E-state index in [4.69, 9.17) is 9.15 Å². The number of hydrogen-bond acceptors (Lipinski definition) is 5. The normalized spacial score (nSPS) is 15.7. The van der Waals surface area contributed by atoms with Gasteiger partial charge in [0.2, 0.25) is 0 Å². The number of nitrogens with zero attached hydrogens (tertiary/aromatic N) is 1. The predicted octanol–water partition coefficient (Wildman–Crippen LogP) is 1.82. The largest absolute Gasteiger partial charge is 0.448 e. The number of carbonyl (C=O) groups excluding carboxylic acids is 1. The van der Waals surface area contributed by atoms with Crippen molar-refractivity contribution >= 4 is 11.6 Å². The number of rotatable bonds is 3. The number of oxazole rings is 1. The van der Waals surface area contributed by atoms with Crippen LogP contribution in [0, 0.1) is 6.92 Å². The van der Waals surface area contributed by atoms with Gasteiger partial charge in [0.15, 0.2) is 11.6 Å². The summed E-state index contributed by atoms with van der Waals surface area (Å²) in [6.45, 7) is 3.12. The molecule has 2 aromatic heterocycles. The van der Waals surface area contributed by atoms with E-state index in [1.165, 1.54) is 6.26 Å². The maximum absolute atomic E-state index is 12.1. The van der Waals surface area contributed by atoms with E-state index in [9.17, 15) is 9.59 Å². The molecule has 1 aliphatic heterocycles. The average Bonchev–Trinajstić information content (AvgIpc) is 3.01. The number of nitrogens with one attached hydrogen (secondary N) is 2. The Labute approximate surface area is 126 Å². The van der Waals surface area contributed by atoms with Gasteiger partial charge in [0.25, 0.3) is 11.5 Å². The molecule has 0 atom stereocenters. The lowest BCUT2D eigenvalue weighted by Crippen LogP contribution is -2.20. The average molecular weight is 303 g/mol. The Morgan fingerprint density at radius 2 is 2.14 bits per heavy atom. The van der Waals surface area contributed by atoms with Crippen molar-refractivity contribution in [1.82, 2.24) is 9.97 Å². The van der Waals surface area contributed by atoms with Crippen molar-refractivity contribution in [3.63, 3.8) is 0 Å². The second-order valence-corrected chi connectivity index (χ2v) is 5.30. The molecule has 0 aliphatic carbocycles. The summed E-state index contributed by atoms with van der Waals surface area (Å²) in [5, 5.41) is 2.54. The molecule has 1 amide bonds. The molecule has 2 aromatic rings. The summed E-state index contributed by atoms with van der Waals surface area (Å²) < 4.78 is 10.7. The highest BCUT2D eigenvalue weighted by Crippen LogP contribution is 2.26. The van der Waals surface area contributed by atoms with Crippen molar-refractivity contribution < 1.29 is 13.9 Å². The zero-order valence-electron chi connectivity index (χ0n) is 12.2. The first-order chi connectivity index (χ1) is 10.6. The minimum Gasteiger partial charge on any atom is -0.448 e. The van der Waals surface area contributed by atoms with Gasteiger partial charge in [-0.1, -0.05) is 0 Å². The first-order valence-corrected chi connectivity index (χ1v) is 7.18. The van der Waals surface area contributed by atoms with Crippen LogP contribution in [0.1, 0.15) is 40.8 Å². The van der Waals surface area contributed by atoms with Gasteiger partial charge in [-0.15, -0.1) is 0 Å². The van der Waals surface area contributed by atoms with Crippen LogP contribution in [0.3, 0.4) is 0 Å². The Balaban J connectivity index is 1.72. The Morgan fingerprint density at radius 3 is 2.86 bits per heavy atom.